The van der Waals surface area contributed by atoms with E-state index in [0.29, 0.717) is 18.1 Å². The minimum atomic E-state index is -3.75. The lowest BCUT2D eigenvalue weighted by Crippen LogP contribution is -2.43. The number of sulfonamides is 1. The van der Waals surface area contributed by atoms with E-state index in [1.165, 1.54) is 7.11 Å². The average Bonchev–Trinajstić information content (AvgIpc) is 2.92. The summed E-state index contributed by atoms with van der Waals surface area (Å²) in [5.74, 6) is 0.469. The van der Waals surface area contributed by atoms with Gasteiger partial charge in [0.05, 0.1) is 19.5 Å². The highest BCUT2D eigenvalue weighted by Crippen LogP contribution is 2.24. The molecule has 0 aromatic heterocycles. The second-order valence-corrected chi connectivity index (χ2v) is 13.3. The number of piperidine rings is 1. The number of unbranched alkanes of at least 4 members (excludes halogenated alkanes) is 1. The van der Waals surface area contributed by atoms with Gasteiger partial charge in [-0.2, -0.15) is 0 Å². The summed E-state index contributed by atoms with van der Waals surface area (Å²) in [6.45, 7) is 7.74. The monoisotopic (exact) mass is 588 g/mol. The molecule has 1 saturated heterocycles. The predicted molar refractivity (Wildman–Crippen MR) is 158 cm³/mol. The van der Waals surface area contributed by atoms with Gasteiger partial charge in [0.2, 0.25) is 10.0 Å². The molecule has 1 fully saturated rings. The van der Waals surface area contributed by atoms with Gasteiger partial charge in [0.15, 0.2) is 0 Å². The molecule has 0 spiro atoms. The fourth-order valence-electron chi connectivity index (χ4n) is 4.78. The molecule has 1 heterocycles. The van der Waals surface area contributed by atoms with Gasteiger partial charge in [-0.05, 0) is 82.1 Å². The number of carbonyl (C=O) groups is 2. The van der Waals surface area contributed by atoms with Crippen LogP contribution in [0, 0.1) is 5.92 Å². The van der Waals surface area contributed by atoms with Gasteiger partial charge < -0.3 is 19.1 Å². The first-order chi connectivity index (χ1) is 19.4. The van der Waals surface area contributed by atoms with Crippen LogP contribution in [0.5, 0.6) is 5.75 Å². The summed E-state index contributed by atoms with van der Waals surface area (Å²) in [5, 5.41) is 0. The largest absolute Gasteiger partial charge is 0.494 e. The molecule has 0 saturated carbocycles. The van der Waals surface area contributed by atoms with Crippen LogP contribution in [-0.4, -0.2) is 63.8 Å². The second kappa shape index (κ2) is 15.2. The van der Waals surface area contributed by atoms with Crippen molar-refractivity contribution in [2.24, 2.45) is 5.92 Å². The Hall–Kier alpha value is -3.11. The standard InChI is InChI=1S/C31H44N2O7S/c1-31(2,3)40-30(35)33-19-17-24(18-20-33)10-8-9-21-39-27-15-13-25(14-16-27)22-28(29(34)38-4)32-41(36,37)23-26-11-6-5-7-12-26/h5-7,11-16,24,28,32H,8-10,17-23H2,1-4H3/t28-/m0/s1. The van der Waals surface area contributed by atoms with Gasteiger partial charge in [-0.15, -0.1) is 0 Å². The van der Waals surface area contributed by atoms with Crippen LogP contribution in [0.1, 0.15) is 64.0 Å². The van der Waals surface area contributed by atoms with E-state index < -0.39 is 27.6 Å². The number of rotatable bonds is 13. The maximum atomic E-state index is 12.7. The SMILES string of the molecule is COC(=O)[C@H](Cc1ccc(OCCCCC2CCN(C(=O)OC(C)(C)C)CC2)cc1)NS(=O)(=O)Cc1ccccc1. The van der Waals surface area contributed by atoms with Crippen molar-refractivity contribution in [3.8, 4) is 5.75 Å². The van der Waals surface area contributed by atoms with E-state index in [-0.39, 0.29) is 18.3 Å². The summed E-state index contributed by atoms with van der Waals surface area (Å²) in [4.78, 5) is 26.4. The molecule has 1 aliphatic rings. The van der Waals surface area contributed by atoms with Crippen molar-refractivity contribution < 1.29 is 32.2 Å². The lowest BCUT2D eigenvalue weighted by Gasteiger charge is -2.33. The van der Waals surface area contributed by atoms with Crippen molar-refractivity contribution >= 4 is 22.1 Å². The van der Waals surface area contributed by atoms with Crippen molar-refractivity contribution in [1.82, 2.24) is 9.62 Å². The highest BCUT2D eigenvalue weighted by atomic mass is 32.2. The van der Waals surface area contributed by atoms with Gasteiger partial charge in [-0.3, -0.25) is 4.79 Å². The van der Waals surface area contributed by atoms with E-state index in [1.54, 1.807) is 24.3 Å². The van der Waals surface area contributed by atoms with Crippen LogP contribution in [0.15, 0.2) is 54.6 Å². The third kappa shape index (κ3) is 11.7. The summed E-state index contributed by atoms with van der Waals surface area (Å²) in [6.07, 6.45) is 5.03. The summed E-state index contributed by atoms with van der Waals surface area (Å²) >= 11 is 0. The Bertz CT molecular complexity index is 1200. The third-order valence-corrected chi connectivity index (χ3v) is 8.27. The Morgan fingerprint density at radius 2 is 1.63 bits per heavy atom. The van der Waals surface area contributed by atoms with E-state index in [0.717, 1.165) is 56.5 Å². The molecule has 10 heteroatoms. The Balaban J connectivity index is 1.38. The lowest BCUT2D eigenvalue weighted by molar-refractivity contribution is -0.142. The third-order valence-electron chi connectivity index (χ3n) is 6.91. The summed E-state index contributed by atoms with van der Waals surface area (Å²) in [5.41, 5.74) is 0.949. The Labute approximate surface area is 244 Å². The number of nitrogens with zero attached hydrogens (tertiary/aromatic N) is 1. The molecular formula is C31H44N2O7S. The van der Waals surface area contributed by atoms with Gasteiger partial charge >= 0.3 is 12.1 Å². The molecule has 2 aromatic rings. The summed E-state index contributed by atoms with van der Waals surface area (Å²) in [7, 11) is -2.51. The molecule has 0 radical (unpaired) electrons. The number of methoxy groups -OCH3 is 1. The summed E-state index contributed by atoms with van der Waals surface area (Å²) in [6, 6.07) is 15.1. The first-order valence-corrected chi connectivity index (χ1v) is 15.9. The molecule has 226 valence electrons. The van der Waals surface area contributed by atoms with Gasteiger partial charge in [-0.25, -0.2) is 17.9 Å². The zero-order valence-corrected chi connectivity index (χ0v) is 25.5. The number of likely N-dealkylation sites (tertiary alicyclic amines) is 1. The molecule has 1 atom stereocenters. The Morgan fingerprint density at radius 3 is 2.24 bits per heavy atom. The average molecular weight is 589 g/mol. The van der Waals surface area contributed by atoms with Gasteiger partial charge in [0.25, 0.3) is 0 Å². The Morgan fingerprint density at radius 1 is 0.976 bits per heavy atom. The fourth-order valence-corrected chi connectivity index (χ4v) is 6.11. The lowest BCUT2D eigenvalue weighted by atomic mass is 9.92. The molecule has 9 nitrogen and oxygen atoms in total. The number of amides is 1. The van der Waals surface area contributed by atoms with E-state index in [2.05, 4.69) is 4.72 Å². The molecule has 41 heavy (non-hydrogen) atoms. The van der Waals surface area contributed by atoms with Crippen molar-refractivity contribution in [1.29, 1.82) is 0 Å². The predicted octanol–water partition coefficient (Wildman–Crippen LogP) is 5.09. The molecule has 3 rings (SSSR count). The molecule has 2 aromatic carbocycles. The van der Waals surface area contributed by atoms with Gasteiger partial charge in [0, 0.05) is 13.1 Å². The molecule has 0 unspecified atom stereocenters. The highest BCUT2D eigenvalue weighted by molar-refractivity contribution is 7.88. The molecular weight excluding hydrogens is 544 g/mol. The van der Waals surface area contributed by atoms with Gasteiger partial charge in [0.1, 0.15) is 17.4 Å². The van der Waals surface area contributed by atoms with Gasteiger partial charge in [-0.1, -0.05) is 48.9 Å². The van der Waals surface area contributed by atoms with Crippen molar-refractivity contribution in [3.05, 3.63) is 65.7 Å². The van der Waals surface area contributed by atoms with Crippen LogP contribution in [0.4, 0.5) is 4.79 Å². The van der Waals surface area contributed by atoms with Crippen LogP contribution in [0.3, 0.4) is 0 Å². The molecule has 1 amide bonds. The van der Waals surface area contributed by atoms with E-state index in [1.807, 2.05) is 56.0 Å². The van der Waals surface area contributed by atoms with E-state index in [9.17, 15) is 18.0 Å². The fraction of sp³-hybridized carbons (Fsp3) is 0.548. The van der Waals surface area contributed by atoms with Crippen molar-refractivity contribution in [3.63, 3.8) is 0 Å². The van der Waals surface area contributed by atoms with Crippen molar-refractivity contribution in [2.75, 3.05) is 26.8 Å². The molecule has 0 bridgehead atoms. The quantitative estimate of drug-likeness (QED) is 0.256. The first kappa shape index (κ1) is 32.4. The number of esters is 1. The molecule has 0 aliphatic carbocycles. The van der Waals surface area contributed by atoms with E-state index in [4.69, 9.17) is 14.2 Å². The number of carbonyl (C=O) groups excluding carboxylic acids is 2. The van der Waals surface area contributed by atoms with Crippen LogP contribution in [0.25, 0.3) is 0 Å². The number of hydrogen-bond acceptors (Lipinski definition) is 7. The van der Waals surface area contributed by atoms with Crippen LogP contribution < -0.4 is 9.46 Å². The molecule has 1 aliphatic heterocycles. The van der Waals surface area contributed by atoms with E-state index >= 15 is 0 Å². The zero-order valence-electron chi connectivity index (χ0n) is 24.6. The highest BCUT2D eigenvalue weighted by Gasteiger charge is 2.27. The van der Waals surface area contributed by atoms with Crippen LogP contribution >= 0.6 is 0 Å². The van der Waals surface area contributed by atoms with Crippen LogP contribution in [0.2, 0.25) is 0 Å². The zero-order chi connectivity index (χ0) is 29.9. The topological polar surface area (TPSA) is 111 Å². The minimum absolute atomic E-state index is 0.160. The smallest absolute Gasteiger partial charge is 0.410 e. The second-order valence-electron chi connectivity index (χ2n) is 11.5. The maximum absolute atomic E-state index is 12.7. The number of hydrogen-bond donors (Lipinski definition) is 1. The number of nitrogens with one attached hydrogen (secondary N) is 1. The van der Waals surface area contributed by atoms with Crippen molar-refractivity contribution in [2.45, 2.75) is 76.7 Å². The molecule has 1 N–H and O–H groups in total. The first-order valence-electron chi connectivity index (χ1n) is 14.3. The normalized spacial score (nSPS) is 15.3. The van der Waals surface area contributed by atoms with Crippen LogP contribution in [-0.2, 0) is 36.5 Å². The summed E-state index contributed by atoms with van der Waals surface area (Å²) < 4.78 is 44.0. The number of ether oxygens (including phenoxy) is 3. The maximum Gasteiger partial charge on any atom is 0.410 e. The number of benzene rings is 2. The minimum Gasteiger partial charge on any atom is -0.494 e. The Kier molecular flexibility index (Phi) is 12.0.